The van der Waals surface area contributed by atoms with E-state index >= 15 is 0 Å². The smallest absolute Gasteiger partial charge is 0.310 e. The van der Waals surface area contributed by atoms with Crippen LogP contribution < -0.4 is 4.90 Å². The minimum absolute atomic E-state index is 0.0315. The SMILES string of the molecule is COC(=O)[C@@H]1CCCN(c2cc(C)nc3ccccc23)C1. The first-order valence-electron chi connectivity index (χ1n) is 7.38. The molecule has 0 saturated carbocycles. The number of carbonyl (C=O) groups is 1. The summed E-state index contributed by atoms with van der Waals surface area (Å²) in [4.78, 5) is 18.7. The van der Waals surface area contributed by atoms with Crippen molar-refractivity contribution in [3.05, 3.63) is 36.0 Å². The van der Waals surface area contributed by atoms with Gasteiger partial charge in [-0.3, -0.25) is 9.78 Å². The molecule has 1 aromatic heterocycles. The lowest BCUT2D eigenvalue weighted by Gasteiger charge is -2.33. The Kier molecular flexibility index (Phi) is 3.78. The molecule has 1 aromatic carbocycles. The number of piperidine rings is 1. The van der Waals surface area contributed by atoms with Crippen molar-refractivity contribution in [2.24, 2.45) is 5.92 Å². The third-order valence-electron chi connectivity index (χ3n) is 4.12. The maximum absolute atomic E-state index is 11.8. The molecule has 2 heterocycles. The van der Waals surface area contributed by atoms with Crippen molar-refractivity contribution < 1.29 is 9.53 Å². The lowest BCUT2D eigenvalue weighted by Crippen LogP contribution is -2.39. The van der Waals surface area contributed by atoms with Gasteiger partial charge in [0.1, 0.15) is 0 Å². The van der Waals surface area contributed by atoms with E-state index in [9.17, 15) is 4.79 Å². The fraction of sp³-hybridized carbons (Fsp3) is 0.412. The molecule has 2 aromatic rings. The molecular formula is C17H20N2O2. The fourth-order valence-electron chi connectivity index (χ4n) is 3.10. The van der Waals surface area contributed by atoms with Crippen molar-refractivity contribution in [1.82, 2.24) is 4.98 Å². The second-order valence-corrected chi connectivity index (χ2v) is 5.61. The van der Waals surface area contributed by atoms with Crippen molar-refractivity contribution in [2.75, 3.05) is 25.1 Å². The van der Waals surface area contributed by atoms with Gasteiger partial charge in [0.05, 0.1) is 18.5 Å². The normalized spacial score (nSPS) is 18.8. The summed E-state index contributed by atoms with van der Waals surface area (Å²) in [6.45, 7) is 3.71. The lowest BCUT2D eigenvalue weighted by molar-refractivity contribution is -0.145. The molecule has 0 aliphatic carbocycles. The number of carbonyl (C=O) groups excluding carboxylic acids is 1. The monoisotopic (exact) mass is 284 g/mol. The maximum Gasteiger partial charge on any atom is 0.310 e. The quantitative estimate of drug-likeness (QED) is 0.795. The van der Waals surface area contributed by atoms with Gasteiger partial charge >= 0.3 is 5.97 Å². The molecule has 0 bridgehead atoms. The highest BCUT2D eigenvalue weighted by Crippen LogP contribution is 2.30. The molecule has 1 aliphatic rings. The Bertz CT molecular complexity index is 669. The van der Waals surface area contributed by atoms with Gasteiger partial charge in [-0.2, -0.15) is 0 Å². The number of benzene rings is 1. The average molecular weight is 284 g/mol. The number of para-hydroxylation sites is 1. The van der Waals surface area contributed by atoms with Gasteiger partial charge in [0.25, 0.3) is 0 Å². The number of fused-ring (bicyclic) bond motifs is 1. The largest absolute Gasteiger partial charge is 0.469 e. The van der Waals surface area contributed by atoms with Gasteiger partial charge in [-0.15, -0.1) is 0 Å². The van der Waals surface area contributed by atoms with Crippen molar-refractivity contribution in [3.8, 4) is 0 Å². The predicted molar refractivity (Wildman–Crippen MR) is 83.4 cm³/mol. The summed E-state index contributed by atoms with van der Waals surface area (Å²) in [5, 5.41) is 1.15. The third kappa shape index (κ3) is 2.71. The Morgan fingerprint density at radius 1 is 1.38 bits per heavy atom. The van der Waals surface area contributed by atoms with Crippen LogP contribution in [0, 0.1) is 12.8 Å². The van der Waals surface area contributed by atoms with Crippen molar-refractivity contribution in [3.63, 3.8) is 0 Å². The summed E-state index contributed by atoms with van der Waals surface area (Å²) in [5.74, 6) is -0.134. The summed E-state index contributed by atoms with van der Waals surface area (Å²) in [6.07, 6.45) is 1.92. The van der Waals surface area contributed by atoms with Gasteiger partial charge in [0.15, 0.2) is 0 Å². The van der Waals surface area contributed by atoms with E-state index in [4.69, 9.17) is 4.74 Å². The van der Waals surface area contributed by atoms with Crippen molar-refractivity contribution in [2.45, 2.75) is 19.8 Å². The molecule has 21 heavy (non-hydrogen) atoms. The lowest BCUT2D eigenvalue weighted by atomic mass is 9.97. The molecule has 1 fully saturated rings. The molecule has 110 valence electrons. The zero-order valence-electron chi connectivity index (χ0n) is 12.5. The second kappa shape index (κ2) is 5.72. The van der Waals surface area contributed by atoms with E-state index in [1.165, 1.54) is 12.8 Å². The van der Waals surface area contributed by atoms with Gasteiger partial charge in [0.2, 0.25) is 0 Å². The number of rotatable bonds is 2. The van der Waals surface area contributed by atoms with Gasteiger partial charge in [-0.1, -0.05) is 18.2 Å². The molecule has 4 heteroatoms. The van der Waals surface area contributed by atoms with E-state index in [0.717, 1.165) is 42.5 Å². The Labute approximate surface area is 124 Å². The van der Waals surface area contributed by atoms with Crippen LogP contribution in [-0.2, 0) is 9.53 Å². The third-order valence-corrected chi connectivity index (χ3v) is 4.12. The predicted octanol–water partition coefficient (Wildman–Crippen LogP) is 2.93. The first-order valence-corrected chi connectivity index (χ1v) is 7.38. The number of aromatic nitrogens is 1. The number of pyridine rings is 1. The van der Waals surface area contributed by atoms with E-state index < -0.39 is 0 Å². The van der Waals surface area contributed by atoms with E-state index in [0.29, 0.717) is 0 Å². The molecule has 1 atom stereocenters. The zero-order valence-corrected chi connectivity index (χ0v) is 12.5. The van der Waals surface area contributed by atoms with Crippen LogP contribution >= 0.6 is 0 Å². The first kappa shape index (κ1) is 13.9. The molecule has 1 aliphatic heterocycles. The highest BCUT2D eigenvalue weighted by Gasteiger charge is 2.27. The highest BCUT2D eigenvalue weighted by atomic mass is 16.5. The molecule has 3 rings (SSSR count). The van der Waals surface area contributed by atoms with Gasteiger partial charge < -0.3 is 9.64 Å². The van der Waals surface area contributed by atoms with Crippen molar-refractivity contribution in [1.29, 1.82) is 0 Å². The Morgan fingerprint density at radius 3 is 3.00 bits per heavy atom. The number of hydrogen-bond donors (Lipinski definition) is 0. The van der Waals surface area contributed by atoms with Crippen LogP contribution in [0.2, 0.25) is 0 Å². The summed E-state index contributed by atoms with van der Waals surface area (Å²) in [7, 11) is 1.47. The Morgan fingerprint density at radius 2 is 2.19 bits per heavy atom. The van der Waals surface area contributed by atoms with Crippen LogP contribution in [0.15, 0.2) is 30.3 Å². The Hall–Kier alpha value is -2.10. The van der Waals surface area contributed by atoms with Crippen LogP contribution in [-0.4, -0.2) is 31.2 Å². The average Bonchev–Trinajstić information content (AvgIpc) is 2.53. The number of nitrogens with zero attached hydrogens (tertiary/aromatic N) is 2. The van der Waals surface area contributed by atoms with Gasteiger partial charge in [0, 0.05) is 29.9 Å². The number of esters is 1. The summed E-state index contributed by atoms with van der Waals surface area (Å²) >= 11 is 0. The topological polar surface area (TPSA) is 42.4 Å². The molecule has 0 N–H and O–H groups in total. The fourth-order valence-corrected chi connectivity index (χ4v) is 3.10. The second-order valence-electron chi connectivity index (χ2n) is 5.61. The molecule has 1 saturated heterocycles. The number of anilines is 1. The summed E-state index contributed by atoms with van der Waals surface area (Å²) in [5.41, 5.74) is 3.18. The number of methoxy groups -OCH3 is 1. The summed E-state index contributed by atoms with van der Waals surface area (Å²) in [6, 6.07) is 10.3. The maximum atomic E-state index is 11.8. The van der Waals surface area contributed by atoms with Gasteiger partial charge in [-0.25, -0.2) is 0 Å². The first-order chi connectivity index (χ1) is 10.2. The minimum atomic E-state index is -0.102. The summed E-state index contributed by atoms with van der Waals surface area (Å²) < 4.78 is 4.91. The van der Waals surface area contributed by atoms with Crippen LogP contribution in [0.25, 0.3) is 10.9 Å². The van der Waals surface area contributed by atoms with Crippen LogP contribution in [0.5, 0.6) is 0 Å². The molecule has 0 radical (unpaired) electrons. The molecule has 0 spiro atoms. The van der Waals surface area contributed by atoms with E-state index in [-0.39, 0.29) is 11.9 Å². The van der Waals surface area contributed by atoms with Crippen LogP contribution in [0.1, 0.15) is 18.5 Å². The van der Waals surface area contributed by atoms with E-state index in [1.807, 2.05) is 25.1 Å². The van der Waals surface area contributed by atoms with Crippen molar-refractivity contribution >= 4 is 22.6 Å². The Balaban J connectivity index is 1.98. The number of ether oxygens (including phenoxy) is 1. The van der Waals surface area contributed by atoms with E-state index in [2.05, 4.69) is 22.0 Å². The van der Waals surface area contributed by atoms with Gasteiger partial charge in [-0.05, 0) is 31.9 Å². The minimum Gasteiger partial charge on any atom is -0.469 e. The molecule has 0 unspecified atom stereocenters. The molecule has 0 amide bonds. The molecular weight excluding hydrogens is 264 g/mol. The number of hydrogen-bond acceptors (Lipinski definition) is 4. The van der Waals surface area contributed by atoms with Crippen LogP contribution in [0.3, 0.4) is 0 Å². The zero-order chi connectivity index (χ0) is 14.8. The van der Waals surface area contributed by atoms with Crippen LogP contribution in [0.4, 0.5) is 5.69 Å². The number of aryl methyl sites for hydroxylation is 1. The van der Waals surface area contributed by atoms with E-state index in [1.54, 1.807) is 0 Å². The standard InChI is InChI=1S/C17H20N2O2/c1-12-10-16(14-7-3-4-8-15(14)18-12)19-9-5-6-13(11-19)17(20)21-2/h3-4,7-8,10,13H,5-6,9,11H2,1-2H3/t13-/m1/s1. The molecule has 4 nitrogen and oxygen atoms in total. The highest BCUT2D eigenvalue weighted by molar-refractivity contribution is 5.92.